The monoisotopic (exact) mass is 402 g/mol. The van der Waals surface area contributed by atoms with Crippen LogP contribution in [-0.2, 0) is 0 Å². The fourth-order valence-electron chi connectivity index (χ4n) is 2.03. The molecular weight excluding hydrogens is 388 g/mol. The molecule has 0 atom stereocenters. The molecule has 0 unspecified atom stereocenters. The first-order valence-corrected chi connectivity index (χ1v) is 8.76. The van der Waals surface area contributed by atoms with Gasteiger partial charge >= 0.3 is 0 Å². The van der Waals surface area contributed by atoms with Crippen molar-refractivity contribution in [3.05, 3.63) is 65.3 Å². The molecule has 0 aliphatic heterocycles. The summed E-state index contributed by atoms with van der Waals surface area (Å²) in [6, 6.07) is 17.3. The van der Waals surface area contributed by atoms with E-state index in [4.69, 9.17) is 15.2 Å². The second kappa shape index (κ2) is 7.59. The average molecular weight is 403 g/mol. The topological polar surface area (TPSA) is 57.4 Å². The summed E-state index contributed by atoms with van der Waals surface area (Å²) in [5, 5.41) is 0. The molecule has 0 aliphatic carbocycles. The molecule has 0 amide bonds. The molecule has 0 saturated heterocycles. The molecule has 3 aromatic rings. The molecule has 2 aromatic carbocycles. The normalized spacial score (nSPS) is 10.4. The van der Waals surface area contributed by atoms with E-state index in [2.05, 4.69) is 20.9 Å². The molecule has 24 heavy (non-hydrogen) atoms. The SMILES string of the molecule is COc1cccc(Sc2cc(Oc3cccc(Br)c3)cnc2N)c1. The number of methoxy groups -OCH3 is 1. The summed E-state index contributed by atoms with van der Waals surface area (Å²) >= 11 is 4.94. The van der Waals surface area contributed by atoms with E-state index in [0.29, 0.717) is 11.6 Å². The van der Waals surface area contributed by atoms with Crippen LogP contribution in [0.25, 0.3) is 0 Å². The maximum atomic E-state index is 6.00. The molecule has 122 valence electrons. The fraction of sp³-hybridized carbons (Fsp3) is 0.0556. The van der Waals surface area contributed by atoms with Crippen LogP contribution >= 0.6 is 27.7 Å². The summed E-state index contributed by atoms with van der Waals surface area (Å²) in [5.41, 5.74) is 6.00. The molecule has 0 spiro atoms. The van der Waals surface area contributed by atoms with Gasteiger partial charge in [-0.15, -0.1) is 0 Å². The Bertz CT molecular complexity index is 858. The summed E-state index contributed by atoms with van der Waals surface area (Å²) in [6.45, 7) is 0. The van der Waals surface area contributed by atoms with E-state index in [-0.39, 0.29) is 0 Å². The van der Waals surface area contributed by atoms with Crippen molar-refractivity contribution in [1.82, 2.24) is 4.98 Å². The highest BCUT2D eigenvalue weighted by Gasteiger charge is 2.08. The van der Waals surface area contributed by atoms with Gasteiger partial charge in [0, 0.05) is 15.4 Å². The van der Waals surface area contributed by atoms with Crippen LogP contribution in [0.5, 0.6) is 17.2 Å². The lowest BCUT2D eigenvalue weighted by Gasteiger charge is -2.10. The fourth-order valence-corrected chi connectivity index (χ4v) is 3.32. The lowest BCUT2D eigenvalue weighted by molar-refractivity contribution is 0.413. The van der Waals surface area contributed by atoms with Crippen LogP contribution in [0.4, 0.5) is 5.82 Å². The van der Waals surface area contributed by atoms with Gasteiger partial charge in [-0.2, -0.15) is 0 Å². The number of anilines is 1. The summed E-state index contributed by atoms with van der Waals surface area (Å²) in [7, 11) is 1.64. The Morgan fingerprint density at radius 2 is 1.79 bits per heavy atom. The number of nitrogen functional groups attached to an aromatic ring is 1. The molecule has 4 nitrogen and oxygen atoms in total. The molecule has 2 N–H and O–H groups in total. The van der Waals surface area contributed by atoms with Gasteiger partial charge in [-0.3, -0.25) is 0 Å². The van der Waals surface area contributed by atoms with E-state index in [1.165, 1.54) is 11.8 Å². The zero-order valence-corrected chi connectivity index (χ0v) is 15.3. The van der Waals surface area contributed by atoms with Crippen LogP contribution in [0.15, 0.2) is 75.1 Å². The van der Waals surface area contributed by atoms with Crippen molar-refractivity contribution in [1.29, 1.82) is 0 Å². The molecule has 0 saturated carbocycles. The van der Waals surface area contributed by atoms with Gasteiger partial charge in [-0.1, -0.05) is 39.8 Å². The molecule has 0 aliphatic rings. The molecule has 0 radical (unpaired) electrons. The predicted octanol–water partition coefficient (Wildman–Crippen LogP) is 5.38. The predicted molar refractivity (Wildman–Crippen MR) is 100.0 cm³/mol. The third-order valence-corrected chi connectivity index (χ3v) is 4.69. The first-order valence-electron chi connectivity index (χ1n) is 7.15. The highest BCUT2D eigenvalue weighted by molar-refractivity contribution is 9.10. The van der Waals surface area contributed by atoms with Crippen molar-refractivity contribution in [2.75, 3.05) is 12.8 Å². The van der Waals surface area contributed by atoms with Gasteiger partial charge in [-0.25, -0.2) is 4.98 Å². The molecule has 1 heterocycles. The quantitative estimate of drug-likeness (QED) is 0.620. The number of ether oxygens (including phenoxy) is 2. The van der Waals surface area contributed by atoms with E-state index in [9.17, 15) is 0 Å². The van der Waals surface area contributed by atoms with Crippen LogP contribution in [0, 0.1) is 0 Å². The lowest BCUT2D eigenvalue weighted by atomic mass is 10.3. The summed E-state index contributed by atoms with van der Waals surface area (Å²) < 4.78 is 12.1. The Hall–Kier alpha value is -2.18. The minimum atomic E-state index is 0.462. The Kier molecular flexibility index (Phi) is 5.27. The first kappa shape index (κ1) is 16.7. The van der Waals surface area contributed by atoms with Crippen molar-refractivity contribution >= 4 is 33.5 Å². The largest absolute Gasteiger partial charge is 0.497 e. The Balaban J connectivity index is 1.83. The van der Waals surface area contributed by atoms with Crippen molar-refractivity contribution in [2.24, 2.45) is 0 Å². The zero-order chi connectivity index (χ0) is 16.9. The van der Waals surface area contributed by atoms with Gasteiger partial charge < -0.3 is 15.2 Å². The van der Waals surface area contributed by atoms with Crippen molar-refractivity contribution < 1.29 is 9.47 Å². The number of nitrogens with zero attached hydrogens (tertiary/aromatic N) is 1. The second-order valence-electron chi connectivity index (χ2n) is 4.89. The number of hydrogen-bond donors (Lipinski definition) is 1. The van der Waals surface area contributed by atoms with E-state index < -0.39 is 0 Å². The maximum Gasteiger partial charge on any atom is 0.147 e. The third-order valence-electron chi connectivity index (χ3n) is 3.16. The van der Waals surface area contributed by atoms with E-state index in [1.807, 2.05) is 54.6 Å². The molecule has 1 aromatic heterocycles. The Morgan fingerprint density at radius 1 is 1.00 bits per heavy atom. The number of benzene rings is 2. The zero-order valence-electron chi connectivity index (χ0n) is 12.9. The highest BCUT2D eigenvalue weighted by Crippen LogP contribution is 2.35. The maximum absolute atomic E-state index is 6.00. The minimum Gasteiger partial charge on any atom is -0.497 e. The first-order chi connectivity index (χ1) is 11.6. The van der Waals surface area contributed by atoms with Gasteiger partial charge in [-0.05, 0) is 36.4 Å². The number of aromatic nitrogens is 1. The number of rotatable bonds is 5. The van der Waals surface area contributed by atoms with Crippen molar-refractivity contribution in [3.63, 3.8) is 0 Å². The van der Waals surface area contributed by atoms with Gasteiger partial charge in [0.2, 0.25) is 0 Å². The second-order valence-corrected chi connectivity index (χ2v) is 6.93. The van der Waals surface area contributed by atoms with E-state index >= 15 is 0 Å². The lowest BCUT2D eigenvalue weighted by Crippen LogP contribution is -1.94. The highest BCUT2D eigenvalue weighted by atomic mass is 79.9. The van der Waals surface area contributed by atoms with Gasteiger partial charge in [0.1, 0.15) is 23.1 Å². The molecule has 0 bridgehead atoms. The van der Waals surface area contributed by atoms with Gasteiger partial charge in [0.25, 0.3) is 0 Å². The van der Waals surface area contributed by atoms with Crippen molar-refractivity contribution in [3.8, 4) is 17.2 Å². The van der Waals surface area contributed by atoms with Gasteiger partial charge in [0.05, 0.1) is 18.2 Å². The Morgan fingerprint density at radius 3 is 2.58 bits per heavy atom. The summed E-state index contributed by atoms with van der Waals surface area (Å²) in [4.78, 5) is 6.07. The third kappa shape index (κ3) is 4.21. The van der Waals surface area contributed by atoms with Crippen LogP contribution in [0.2, 0.25) is 0 Å². The number of nitrogens with two attached hydrogens (primary N) is 1. The molecule has 0 fully saturated rings. The van der Waals surface area contributed by atoms with Crippen LogP contribution in [0.3, 0.4) is 0 Å². The standard InChI is InChI=1S/C18H15BrN2O2S/c1-22-13-5-3-7-16(9-13)24-17-10-15(11-21-18(17)20)23-14-6-2-4-12(19)8-14/h2-11H,1H3,(H2,20,21). The van der Waals surface area contributed by atoms with Crippen molar-refractivity contribution in [2.45, 2.75) is 9.79 Å². The molecule has 6 heteroatoms. The van der Waals surface area contributed by atoms with Crippen LogP contribution in [-0.4, -0.2) is 12.1 Å². The Labute approximate surface area is 153 Å². The number of hydrogen-bond acceptors (Lipinski definition) is 5. The van der Waals surface area contributed by atoms with Crippen LogP contribution in [0.1, 0.15) is 0 Å². The summed E-state index contributed by atoms with van der Waals surface area (Å²) in [6.07, 6.45) is 1.62. The number of pyridine rings is 1. The average Bonchev–Trinajstić information content (AvgIpc) is 2.58. The molecular formula is C18H15BrN2O2S. The summed E-state index contributed by atoms with van der Waals surface area (Å²) in [5.74, 6) is 2.62. The van der Waals surface area contributed by atoms with Gasteiger partial charge in [0.15, 0.2) is 0 Å². The smallest absolute Gasteiger partial charge is 0.147 e. The van der Waals surface area contributed by atoms with Crippen LogP contribution < -0.4 is 15.2 Å². The van der Waals surface area contributed by atoms with E-state index in [1.54, 1.807) is 13.3 Å². The molecule has 3 rings (SSSR count). The minimum absolute atomic E-state index is 0.462. The number of halogens is 1. The van der Waals surface area contributed by atoms with E-state index in [0.717, 1.165) is 25.8 Å².